The number of hydrazine groups is 1. The second kappa shape index (κ2) is 6.30. The van der Waals surface area contributed by atoms with Crippen LogP contribution in [0.1, 0.15) is 12.0 Å². The molecule has 0 aliphatic heterocycles. The van der Waals surface area contributed by atoms with Gasteiger partial charge in [-0.1, -0.05) is 0 Å². The Morgan fingerprint density at radius 2 is 2.00 bits per heavy atom. The summed E-state index contributed by atoms with van der Waals surface area (Å²) >= 11 is 0. The summed E-state index contributed by atoms with van der Waals surface area (Å²) in [7, 11) is 4.61. The number of aryl methyl sites for hydroxylation is 1. The van der Waals surface area contributed by atoms with E-state index in [0.717, 1.165) is 12.1 Å². The standard InChI is InChI=1S/C12H16F2N2O2/c1-16(2)15-12(17)5-4-8-6-10(14)11(18-3)7-9(8)13/h6-7H,4-5H2,1-3H3,(H,15,17). The molecule has 1 amide bonds. The Morgan fingerprint density at radius 3 is 2.56 bits per heavy atom. The second-order valence-corrected chi connectivity index (χ2v) is 4.01. The number of amides is 1. The lowest BCUT2D eigenvalue weighted by molar-refractivity contribution is -0.124. The van der Waals surface area contributed by atoms with Gasteiger partial charge in [0, 0.05) is 26.6 Å². The monoisotopic (exact) mass is 258 g/mol. The molecule has 0 saturated carbocycles. The van der Waals surface area contributed by atoms with E-state index in [-0.39, 0.29) is 30.1 Å². The van der Waals surface area contributed by atoms with Gasteiger partial charge >= 0.3 is 0 Å². The quantitative estimate of drug-likeness (QED) is 0.814. The fourth-order valence-corrected chi connectivity index (χ4v) is 1.47. The van der Waals surface area contributed by atoms with Crippen LogP contribution in [0.3, 0.4) is 0 Å². The third-order valence-corrected chi connectivity index (χ3v) is 2.29. The summed E-state index contributed by atoms with van der Waals surface area (Å²) in [4.78, 5) is 11.4. The Labute approximate surface area is 105 Å². The van der Waals surface area contributed by atoms with Gasteiger partial charge in [0.1, 0.15) is 5.82 Å². The SMILES string of the molecule is COc1cc(F)c(CCC(=O)NN(C)C)cc1F. The molecule has 18 heavy (non-hydrogen) atoms. The summed E-state index contributed by atoms with van der Waals surface area (Å²) in [5.41, 5.74) is 2.68. The summed E-state index contributed by atoms with van der Waals surface area (Å²) in [6.07, 6.45) is 0.216. The first-order valence-corrected chi connectivity index (χ1v) is 5.42. The molecule has 0 saturated heterocycles. The molecule has 0 unspecified atom stereocenters. The van der Waals surface area contributed by atoms with Gasteiger partial charge in [0.15, 0.2) is 11.6 Å². The molecule has 4 nitrogen and oxygen atoms in total. The zero-order valence-electron chi connectivity index (χ0n) is 10.6. The van der Waals surface area contributed by atoms with Crippen molar-refractivity contribution in [1.29, 1.82) is 0 Å². The van der Waals surface area contributed by atoms with Gasteiger partial charge < -0.3 is 4.74 Å². The van der Waals surface area contributed by atoms with Crippen LogP contribution in [0.5, 0.6) is 5.75 Å². The minimum atomic E-state index is -0.637. The topological polar surface area (TPSA) is 41.6 Å². The van der Waals surface area contributed by atoms with Crippen LogP contribution in [0, 0.1) is 11.6 Å². The van der Waals surface area contributed by atoms with Crippen LogP contribution in [-0.4, -0.2) is 32.1 Å². The largest absolute Gasteiger partial charge is 0.494 e. The van der Waals surface area contributed by atoms with Gasteiger partial charge in [0.25, 0.3) is 0 Å². The smallest absolute Gasteiger partial charge is 0.234 e. The predicted octanol–water partition coefficient (Wildman–Crippen LogP) is 1.50. The van der Waals surface area contributed by atoms with E-state index in [2.05, 4.69) is 10.2 Å². The van der Waals surface area contributed by atoms with Crippen molar-refractivity contribution >= 4 is 5.91 Å². The van der Waals surface area contributed by atoms with E-state index in [1.165, 1.54) is 12.1 Å². The number of nitrogens with zero attached hydrogens (tertiary/aromatic N) is 1. The van der Waals surface area contributed by atoms with Crippen LogP contribution < -0.4 is 10.2 Å². The zero-order chi connectivity index (χ0) is 13.7. The van der Waals surface area contributed by atoms with Crippen LogP contribution in [0.4, 0.5) is 8.78 Å². The molecule has 1 N–H and O–H groups in total. The first-order valence-electron chi connectivity index (χ1n) is 5.42. The summed E-state index contributed by atoms with van der Waals surface area (Å²) in [5, 5.41) is 1.49. The highest BCUT2D eigenvalue weighted by molar-refractivity contribution is 5.75. The van der Waals surface area contributed by atoms with Gasteiger partial charge in [-0.2, -0.15) is 0 Å². The van der Waals surface area contributed by atoms with Gasteiger partial charge in [0.2, 0.25) is 5.91 Å². The predicted molar refractivity (Wildman–Crippen MR) is 63.1 cm³/mol. The van der Waals surface area contributed by atoms with Gasteiger partial charge in [-0.15, -0.1) is 0 Å². The highest BCUT2D eigenvalue weighted by atomic mass is 19.1. The maximum atomic E-state index is 13.5. The number of benzene rings is 1. The van der Waals surface area contributed by atoms with Crippen LogP contribution in [0.15, 0.2) is 12.1 Å². The number of rotatable bonds is 5. The van der Waals surface area contributed by atoms with Crippen LogP contribution >= 0.6 is 0 Å². The molecule has 1 aromatic carbocycles. The summed E-state index contributed by atoms with van der Waals surface area (Å²) in [6, 6.07) is 2.03. The van der Waals surface area contributed by atoms with Crippen LogP contribution in [-0.2, 0) is 11.2 Å². The first kappa shape index (κ1) is 14.4. The lowest BCUT2D eigenvalue weighted by Crippen LogP contribution is -2.36. The molecule has 0 spiro atoms. The Balaban J connectivity index is 2.68. The average Bonchev–Trinajstić information content (AvgIpc) is 2.28. The maximum Gasteiger partial charge on any atom is 0.234 e. The molecule has 0 atom stereocenters. The van der Waals surface area contributed by atoms with Crippen LogP contribution in [0.2, 0.25) is 0 Å². The number of hydrogen-bond acceptors (Lipinski definition) is 3. The molecule has 1 aromatic rings. The van der Waals surface area contributed by atoms with Crippen molar-refractivity contribution in [2.45, 2.75) is 12.8 Å². The summed E-state index contributed by atoms with van der Waals surface area (Å²) in [5.74, 6) is -1.61. The third kappa shape index (κ3) is 3.96. The summed E-state index contributed by atoms with van der Waals surface area (Å²) in [6.45, 7) is 0. The van der Waals surface area contributed by atoms with Crippen molar-refractivity contribution < 1.29 is 18.3 Å². The molecule has 0 radical (unpaired) electrons. The first-order chi connectivity index (χ1) is 8.43. The molecule has 0 heterocycles. The lowest BCUT2D eigenvalue weighted by Gasteiger charge is -2.12. The molecule has 0 aliphatic rings. The van der Waals surface area contributed by atoms with Crippen molar-refractivity contribution in [3.63, 3.8) is 0 Å². The number of ether oxygens (including phenoxy) is 1. The minimum Gasteiger partial charge on any atom is -0.494 e. The average molecular weight is 258 g/mol. The van der Waals surface area contributed by atoms with Crippen LogP contribution in [0.25, 0.3) is 0 Å². The number of hydrogen-bond donors (Lipinski definition) is 1. The molecule has 0 fully saturated rings. The molecule has 0 aromatic heterocycles. The molecular weight excluding hydrogens is 242 g/mol. The van der Waals surface area contributed by atoms with E-state index < -0.39 is 11.6 Å². The van der Waals surface area contributed by atoms with Crippen molar-refractivity contribution in [2.24, 2.45) is 0 Å². The lowest BCUT2D eigenvalue weighted by atomic mass is 10.1. The molecule has 0 bridgehead atoms. The number of carbonyl (C=O) groups excluding carboxylic acids is 1. The molecule has 6 heteroatoms. The minimum absolute atomic E-state index is 0.0842. The summed E-state index contributed by atoms with van der Waals surface area (Å²) < 4.78 is 31.6. The Bertz CT molecular complexity index is 436. The fourth-order valence-electron chi connectivity index (χ4n) is 1.47. The number of carbonyl (C=O) groups is 1. The van der Waals surface area contributed by atoms with Crippen molar-refractivity contribution in [2.75, 3.05) is 21.2 Å². The molecular formula is C12H16F2N2O2. The normalized spacial score (nSPS) is 10.6. The van der Waals surface area contributed by atoms with E-state index in [4.69, 9.17) is 0 Å². The van der Waals surface area contributed by atoms with Crippen molar-refractivity contribution in [1.82, 2.24) is 10.4 Å². The van der Waals surface area contributed by atoms with E-state index in [0.29, 0.717) is 0 Å². The fraction of sp³-hybridized carbons (Fsp3) is 0.417. The number of halogens is 2. The molecule has 0 aliphatic carbocycles. The van der Waals surface area contributed by atoms with Crippen molar-refractivity contribution in [3.8, 4) is 5.75 Å². The highest BCUT2D eigenvalue weighted by Crippen LogP contribution is 2.22. The second-order valence-electron chi connectivity index (χ2n) is 4.01. The van der Waals surface area contributed by atoms with Gasteiger partial charge in [-0.25, -0.2) is 13.8 Å². The van der Waals surface area contributed by atoms with E-state index in [1.54, 1.807) is 14.1 Å². The zero-order valence-corrected chi connectivity index (χ0v) is 10.6. The Morgan fingerprint density at radius 1 is 1.33 bits per heavy atom. The van der Waals surface area contributed by atoms with E-state index in [9.17, 15) is 13.6 Å². The maximum absolute atomic E-state index is 13.5. The molecule has 1 rings (SSSR count). The van der Waals surface area contributed by atoms with Gasteiger partial charge in [0.05, 0.1) is 7.11 Å². The third-order valence-electron chi connectivity index (χ3n) is 2.29. The van der Waals surface area contributed by atoms with Gasteiger partial charge in [-0.05, 0) is 18.1 Å². The van der Waals surface area contributed by atoms with Crippen molar-refractivity contribution in [3.05, 3.63) is 29.3 Å². The molecule has 100 valence electrons. The Kier molecular flexibility index (Phi) is 5.03. The highest BCUT2D eigenvalue weighted by Gasteiger charge is 2.12. The van der Waals surface area contributed by atoms with E-state index >= 15 is 0 Å². The van der Waals surface area contributed by atoms with Gasteiger partial charge in [-0.3, -0.25) is 10.2 Å². The number of nitrogens with one attached hydrogen (secondary N) is 1. The Hall–Kier alpha value is -1.69. The number of methoxy groups -OCH3 is 1. The van der Waals surface area contributed by atoms with E-state index in [1.807, 2.05) is 0 Å².